The minimum Gasteiger partial charge on any atom is -0.341 e. The summed E-state index contributed by atoms with van der Waals surface area (Å²) in [6.45, 7) is 6.45. The van der Waals surface area contributed by atoms with Crippen LogP contribution < -0.4 is 0 Å². The van der Waals surface area contributed by atoms with Gasteiger partial charge >= 0.3 is 0 Å². The molecule has 0 saturated carbocycles. The summed E-state index contributed by atoms with van der Waals surface area (Å²) in [5.41, 5.74) is 3.51. The van der Waals surface area contributed by atoms with Crippen LogP contribution in [0.15, 0.2) is 65.7 Å². The number of amidine groups is 1. The molecule has 1 N–H and O–H groups in total. The summed E-state index contributed by atoms with van der Waals surface area (Å²) in [6.07, 6.45) is 4.66. The van der Waals surface area contributed by atoms with E-state index in [4.69, 9.17) is 0 Å². The topological polar surface area (TPSA) is 87.1 Å². The normalized spacial score (nSPS) is 15.8. The number of tetrazole rings is 1. The number of hydrogen-bond acceptors (Lipinski definition) is 5. The number of H-pyrrole nitrogens is 1. The largest absolute Gasteiger partial charge is 0.341 e. The van der Waals surface area contributed by atoms with Gasteiger partial charge in [0, 0.05) is 18.5 Å². The Labute approximate surface area is 175 Å². The molecule has 30 heavy (non-hydrogen) atoms. The molecule has 0 aliphatic carbocycles. The van der Waals surface area contributed by atoms with E-state index < -0.39 is 5.54 Å². The Kier molecular flexibility index (Phi) is 5.27. The number of nitrogens with one attached hydrogen (secondary N) is 1. The first kappa shape index (κ1) is 19.7. The molecule has 1 aliphatic heterocycles. The van der Waals surface area contributed by atoms with Crippen LogP contribution in [0.3, 0.4) is 0 Å². The molecule has 4 rings (SSSR count). The predicted molar refractivity (Wildman–Crippen MR) is 117 cm³/mol. The van der Waals surface area contributed by atoms with E-state index in [-0.39, 0.29) is 5.91 Å². The van der Waals surface area contributed by atoms with Crippen molar-refractivity contribution in [2.24, 2.45) is 4.99 Å². The van der Waals surface area contributed by atoms with Crippen molar-refractivity contribution in [1.29, 1.82) is 0 Å². The number of aliphatic imine (C=N–C) groups is 1. The molecular formula is C23H24N6O. The third-order valence-electron chi connectivity index (χ3n) is 5.40. The van der Waals surface area contributed by atoms with Crippen LogP contribution in [0, 0.1) is 0 Å². The van der Waals surface area contributed by atoms with Crippen LogP contribution in [-0.4, -0.2) is 42.8 Å². The zero-order chi connectivity index (χ0) is 21.1. The standard InChI is InChI=1S/C23H24N6O/c1-4-5-10-20-24-22(30)23(2,3)29(20)15-16-11-13-17(14-12-16)18-8-6-7-9-19(18)21-25-27-28-26-21/h4-9,11-14H,10,15H2,1-3H3,(H,25,26,27,28). The summed E-state index contributed by atoms with van der Waals surface area (Å²) >= 11 is 0. The van der Waals surface area contributed by atoms with Gasteiger partial charge in [-0.3, -0.25) is 4.79 Å². The summed E-state index contributed by atoms with van der Waals surface area (Å²) in [5, 5.41) is 14.4. The Morgan fingerprint density at radius 2 is 1.80 bits per heavy atom. The van der Waals surface area contributed by atoms with Gasteiger partial charge in [0.1, 0.15) is 11.4 Å². The Morgan fingerprint density at radius 1 is 1.07 bits per heavy atom. The lowest BCUT2D eigenvalue weighted by atomic mass is 9.97. The molecule has 0 fully saturated rings. The van der Waals surface area contributed by atoms with Gasteiger partial charge in [0.2, 0.25) is 5.82 Å². The van der Waals surface area contributed by atoms with Crippen molar-refractivity contribution in [2.45, 2.75) is 39.3 Å². The SMILES string of the molecule is CC=CCC1=NC(=O)C(C)(C)N1Cc1ccc(-c2ccccc2-c2nn[nH]n2)cc1. The number of amides is 1. The molecular weight excluding hydrogens is 376 g/mol. The van der Waals surface area contributed by atoms with Crippen molar-refractivity contribution in [2.75, 3.05) is 0 Å². The van der Waals surface area contributed by atoms with Crippen LogP contribution in [0.2, 0.25) is 0 Å². The molecule has 0 spiro atoms. The average molecular weight is 400 g/mol. The predicted octanol–water partition coefficient (Wildman–Crippen LogP) is 4.02. The van der Waals surface area contributed by atoms with Gasteiger partial charge in [-0.25, -0.2) is 0 Å². The highest BCUT2D eigenvalue weighted by molar-refractivity contribution is 6.06. The number of carbonyl (C=O) groups excluding carboxylic acids is 1. The number of benzene rings is 2. The second kappa shape index (κ2) is 8.02. The Morgan fingerprint density at radius 3 is 2.47 bits per heavy atom. The number of nitrogens with zero attached hydrogens (tertiary/aromatic N) is 5. The van der Waals surface area contributed by atoms with Gasteiger partial charge in [0.15, 0.2) is 0 Å². The number of aromatic nitrogens is 4. The van der Waals surface area contributed by atoms with Crippen molar-refractivity contribution >= 4 is 11.7 Å². The fourth-order valence-corrected chi connectivity index (χ4v) is 3.60. The zero-order valence-corrected chi connectivity index (χ0v) is 17.3. The van der Waals surface area contributed by atoms with Gasteiger partial charge in [-0.15, -0.1) is 10.2 Å². The number of rotatable bonds is 6. The second-order valence-electron chi connectivity index (χ2n) is 7.73. The van der Waals surface area contributed by atoms with Crippen molar-refractivity contribution in [3.8, 4) is 22.5 Å². The van der Waals surface area contributed by atoms with Crippen molar-refractivity contribution in [1.82, 2.24) is 25.5 Å². The fraction of sp³-hybridized carbons (Fsp3) is 0.261. The van der Waals surface area contributed by atoms with Crippen LogP contribution >= 0.6 is 0 Å². The average Bonchev–Trinajstić information content (AvgIpc) is 3.36. The molecule has 1 amide bonds. The third kappa shape index (κ3) is 3.66. The fourth-order valence-electron chi connectivity index (χ4n) is 3.60. The first-order chi connectivity index (χ1) is 14.5. The molecule has 7 heteroatoms. The van der Waals surface area contributed by atoms with Gasteiger partial charge in [0.25, 0.3) is 5.91 Å². The van der Waals surface area contributed by atoms with E-state index in [1.165, 1.54) is 0 Å². The van der Waals surface area contributed by atoms with E-state index in [9.17, 15) is 4.79 Å². The molecule has 1 aromatic heterocycles. The highest BCUT2D eigenvalue weighted by atomic mass is 16.2. The van der Waals surface area contributed by atoms with E-state index in [2.05, 4.69) is 54.8 Å². The van der Waals surface area contributed by atoms with E-state index >= 15 is 0 Å². The lowest BCUT2D eigenvalue weighted by Crippen LogP contribution is -2.46. The Bertz CT molecular complexity index is 1100. The zero-order valence-electron chi connectivity index (χ0n) is 17.3. The molecule has 7 nitrogen and oxygen atoms in total. The molecule has 2 aromatic carbocycles. The molecule has 1 aliphatic rings. The molecule has 2 heterocycles. The van der Waals surface area contributed by atoms with Crippen molar-refractivity contribution < 1.29 is 4.79 Å². The Balaban J connectivity index is 1.59. The van der Waals surface area contributed by atoms with E-state index in [0.717, 1.165) is 28.1 Å². The Hall–Kier alpha value is -3.61. The molecule has 0 unspecified atom stereocenters. The minimum atomic E-state index is -0.638. The number of hydrogen-bond donors (Lipinski definition) is 1. The van der Waals surface area contributed by atoms with Gasteiger partial charge in [0.05, 0.1) is 0 Å². The second-order valence-corrected chi connectivity index (χ2v) is 7.73. The highest BCUT2D eigenvalue weighted by Gasteiger charge is 2.41. The van der Waals surface area contributed by atoms with Crippen LogP contribution in [0.4, 0.5) is 0 Å². The maximum atomic E-state index is 12.4. The van der Waals surface area contributed by atoms with Gasteiger partial charge in [-0.2, -0.15) is 10.2 Å². The van der Waals surface area contributed by atoms with E-state index in [1.807, 2.05) is 57.2 Å². The van der Waals surface area contributed by atoms with E-state index in [0.29, 0.717) is 18.8 Å². The molecule has 3 aromatic rings. The maximum Gasteiger partial charge on any atom is 0.272 e. The minimum absolute atomic E-state index is 0.0901. The first-order valence-corrected chi connectivity index (χ1v) is 9.93. The van der Waals surface area contributed by atoms with Gasteiger partial charge in [-0.05, 0) is 42.7 Å². The highest BCUT2D eigenvalue weighted by Crippen LogP contribution is 2.31. The van der Waals surface area contributed by atoms with Crippen LogP contribution in [0.25, 0.3) is 22.5 Å². The van der Waals surface area contributed by atoms with Crippen LogP contribution in [0.1, 0.15) is 32.8 Å². The smallest absolute Gasteiger partial charge is 0.272 e. The summed E-state index contributed by atoms with van der Waals surface area (Å²) in [4.78, 5) is 18.8. The van der Waals surface area contributed by atoms with Crippen LogP contribution in [-0.2, 0) is 11.3 Å². The maximum absolute atomic E-state index is 12.4. The summed E-state index contributed by atoms with van der Waals surface area (Å²) < 4.78 is 0. The van der Waals surface area contributed by atoms with Crippen LogP contribution in [0.5, 0.6) is 0 Å². The molecule has 0 radical (unpaired) electrons. The third-order valence-corrected chi connectivity index (χ3v) is 5.40. The lowest BCUT2D eigenvalue weighted by molar-refractivity contribution is -0.124. The summed E-state index contributed by atoms with van der Waals surface area (Å²) in [5.74, 6) is 1.29. The van der Waals surface area contributed by atoms with Gasteiger partial charge < -0.3 is 4.90 Å². The van der Waals surface area contributed by atoms with Crippen molar-refractivity contribution in [3.05, 3.63) is 66.2 Å². The molecule has 0 saturated heterocycles. The lowest BCUT2D eigenvalue weighted by Gasteiger charge is -2.32. The summed E-state index contributed by atoms with van der Waals surface area (Å²) in [7, 11) is 0. The monoisotopic (exact) mass is 400 g/mol. The number of carbonyl (C=O) groups is 1. The van der Waals surface area contributed by atoms with Gasteiger partial charge in [-0.1, -0.05) is 60.7 Å². The van der Waals surface area contributed by atoms with E-state index in [1.54, 1.807) is 0 Å². The molecule has 152 valence electrons. The number of aromatic amines is 1. The molecule has 0 bridgehead atoms. The van der Waals surface area contributed by atoms with Crippen molar-refractivity contribution in [3.63, 3.8) is 0 Å². The molecule has 0 atom stereocenters. The number of allylic oxidation sites excluding steroid dienone is 1. The first-order valence-electron chi connectivity index (χ1n) is 9.93. The summed E-state index contributed by atoms with van der Waals surface area (Å²) in [6, 6.07) is 16.3. The quantitative estimate of drug-likeness (QED) is 0.632.